The van der Waals surface area contributed by atoms with Gasteiger partial charge in [-0.15, -0.1) is 0 Å². The van der Waals surface area contributed by atoms with E-state index in [1.807, 2.05) is 13.2 Å². The Morgan fingerprint density at radius 1 is 1.53 bits per heavy atom. The van der Waals surface area contributed by atoms with Gasteiger partial charge in [0, 0.05) is 29.9 Å². The van der Waals surface area contributed by atoms with Crippen molar-refractivity contribution in [2.45, 2.75) is 38.2 Å². The van der Waals surface area contributed by atoms with Crippen LogP contribution in [-0.4, -0.2) is 36.7 Å². The van der Waals surface area contributed by atoms with Crippen molar-refractivity contribution in [3.63, 3.8) is 0 Å². The quantitative estimate of drug-likeness (QED) is 0.803. The van der Waals surface area contributed by atoms with Gasteiger partial charge >= 0.3 is 0 Å². The van der Waals surface area contributed by atoms with Gasteiger partial charge in [0.1, 0.15) is 12.4 Å². The number of nitrogens with one attached hydrogen (secondary N) is 1. The van der Waals surface area contributed by atoms with Crippen molar-refractivity contribution < 1.29 is 13.5 Å². The van der Waals surface area contributed by atoms with Gasteiger partial charge in [-0.25, -0.2) is 18.7 Å². The Balaban J connectivity index is 1.93. The summed E-state index contributed by atoms with van der Waals surface area (Å²) >= 11 is 0. The second-order valence-electron chi connectivity index (χ2n) is 4.64. The highest BCUT2D eigenvalue weighted by Crippen LogP contribution is 2.27. The van der Waals surface area contributed by atoms with E-state index in [4.69, 9.17) is 4.74 Å². The first-order valence-electron chi connectivity index (χ1n) is 6.58. The molecule has 0 bridgehead atoms. The van der Waals surface area contributed by atoms with Crippen LogP contribution in [0, 0.1) is 0 Å². The van der Waals surface area contributed by atoms with Crippen LogP contribution in [-0.2, 0) is 17.6 Å². The van der Waals surface area contributed by atoms with E-state index >= 15 is 0 Å². The van der Waals surface area contributed by atoms with Gasteiger partial charge in [-0.05, 0) is 26.3 Å². The predicted octanol–water partition coefficient (Wildman–Crippen LogP) is 1.90. The van der Waals surface area contributed by atoms with E-state index in [1.54, 1.807) is 0 Å². The lowest BCUT2D eigenvalue weighted by molar-refractivity contribution is 0.0182. The molecule has 1 unspecified atom stereocenters. The van der Waals surface area contributed by atoms with Crippen LogP contribution in [0.1, 0.15) is 36.0 Å². The highest BCUT2D eigenvalue weighted by molar-refractivity contribution is 5.24. The molecule has 4 nitrogen and oxygen atoms in total. The van der Waals surface area contributed by atoms with Gasteiger partial charge in [-0.2, -0.15) is 0 Å². The minimum atomic E-state index is -2.42. The van der Waals surface area contributed by atoms with Crippen LogP contribution < -0.4 is 5.32 Å². The SMILES string of the molecule is CNC1CCCc2nc(CCOCC(F)F)ncc21. The number of nitrogens with zero attached hydrogens (tertiary/aromatic N) is 2. The first-order valence-corrected chi connectivity index (χ1v) is 6.58. The second-order valence-corrected chi connectivity index (χ2v) is 4.64. The molecule has 0 amide bonds. The summed E-state index contributed by atoms with van der Waals surface area (Å²) in [6.07, 6.45) is 3.08. The number of halogens is 2. The van der Waals surface area contributed by atoms with Crippen molar-refractivity contribution in [3.05, 3.63) is 23.3 Å². The molecule has 0 aliphatic heterocycles. The molecular formula is C13H19F2N3O. The van der Waals surface area contributed by atoms with Gasteiger partial charge in [0.05, 0.1) is 6.61 Å². The first kappa shape index (κ1) is 14.3. The van der Waals surface area contributed by atoms with E-state index in [0.717, 1.165) is 30.5 Å². The Labute approximate surface area is 111 Å². The Hall–Kier alpha value is -1.14. The summed E-state index contributed by atoms with van der Waals surface area (Å²) in [6, 6.07) is 0.327. The molecule has 0 aromatic carbocycles. The fourth-order valence-corrected chi connectivity index (χ4v) is 2.34. The van der Waals surface area contributed by atoms with Crippen molar-refractivity contribution in [1.82, 2.24) is 15.3 Å². The third kappa shape index (κ3) is 3.91. The van der Waals surface area contributed by atoms with E-state index in [0.29, 0.717) is 18.3 Å². The molecule has 0 saturated heterocycles. The number of hydrogen-bond acceptors (Lipinski definition) is 4. The lowest BCUT2D eigenvalue weighted by Gasteiger charge is -2.24. The highest BCUT2D eigenvalue weighted by atomic mass is 19.3. The summed E-state index contributed by atoms with van der Waals surface area (Å²) in [6.45, 7) is -0.286. The fourth-order valence-electron chi connectivity index (χ4n) is 2.34. The summed E-state index contributed by atoms with van der Waals surface area (Å²) < 4.78 is 28.7. The second kappa shape index (κ2) is 6.86. The summed E-state index contributed by atoms with van der Waals surface area (Å²) in [4.78, 5) is 8.80. The molecule has 0 saturated carbocycles. The van der Waals surface area contributed by atoms with Crippen LogP contribution in [0.3, 0.4) is 0 Å². The maximum atomic E-state index is 11.9. The van der Waals surface area contributed by atoms with Gasteiger partial charge in [0.15, 0.2) is 0 Å². The summed E-state index contributed by atoms with van der Waals surface area (Å²) in [5, 5.41) is 3.26. The molecule has 1 heterocycles. The van der Waals surface area contributed by atoms with Crippen molar-refractivity contribution in [2.24, 2.45) is 0 Å². The Morgan fingerprint density at radius 2 is 2.37 bits per heavy atom. The summed E-state index contributed by atoms with van der Waals surface area (Å²) in [5.41, 5.74) is 2.23. The smallest absolute Gasteiger partial charge is 0.261 e. The van der Waals surface area contributed by atoms with E-state index in [9.17, 15) is 8.78 Å². The van der Waals surface area contributed by atoms with Gasteiger partial charge < -0.3 is 10.1 Å². The minimum Gasteiger partial charge on any atom is -0.375 e. The molecule has 2 rings (SSSR count). The third-order valence-electron chi connectivity index (χ3n) is 3.29. The Kier molecular flexibility index (Phi) is 5.15. The van der Waals surface area contributed by atoms with Gasteiger partial charge in [-0.3, -0.25) is 0 Å². The largest absolute Gasteiger partial charge is 0.375 e. The van der Waals surface area contributed by atoms with E-state index in [-0.39, 0.29) is 6.61 Å². The van der Waals surface area contributed by atoms with Crippen LogP contribution in [0.5, 0.6) is 0 Å². The van der Waals surface area contributed by atoms with Crippen molar-refractivity contribution in [3.8, 4) is 0 Å². The number of hydrogen-bond donors (Lipinski definition) is 1. The van der Waals surface area contributed by atoms with Crippen molar-refractivity contribution in [1.29, 1.82) is 0 Å². The first-order chi connectivity index (χ1) is 9.20. The average Bonchev–Trinajstić information content (AvgIpc) is 2.42. The monoisotopic (exact) mass is 271 g/mol. The molecule has 19 heavy (non-hydrogen) atoms. The molecule has 1 N–H and O–H groups in total. The van der Waals surface area contributed by atoms with Crippen LogP contribution >= 0.6 is 0 Å². The molecule has 1 aliphatic rings. The molecule has 0 radical (unpaired) electrons. The fraction of sp³-hybridized carbons (Fsp3) is 0.692. The Bertz CT molecular complexity index is 415. The maximum Gasteiger partial charge on any atom is 0.261 e. The minimum absolute atomic E-state index is 0.235. The van der Waals surface area contributed by atoms with Crippen LogP contribution in [0.4, 0.5) is 8.78 Å². The number of fused-ring (bicyclic) bond motifs is 1. The summed E-state index contributed by atoms with van der Waals surface area (Å²) in [7, 11) is 1.94. The number of ether oxygens (including phenoxy) is 1. The van der Waals surface area contributed by atoms with Gasteiger partial charge in [-0.1, -0.05) is 0 Å². The molecule has 1 aromatic heterocycles. The number of aromatic nitrogens is 2. The molecule has 1 aliphatic carbocycles. The molecular weight excluding hydrogens is 252 g/mol. The third-order valence-corrected chi connectivity index (χ3v) is 3.29. The zero-order chi connectivity index (χ0) is 13.7. The maximum absolute atomic E-state index is 11.9. The Morgan fingerprint density at radius 3 is 3.11 bits per heavy atom. The van der Waals surface area contributed by atoms with E-state index < -0.39 is 13.0 Å². The number of alkyl halides is 2. The van der Waals surface area contributed by atoms with E-state index in [1.165, 1.54) is 0 Å². The lowest BCUT2D eigenvalue weighted by Crippen LogP contribution is -2.23. The highest BCUT2D eigenvalue weighted by Gasteiger charge is 2.20. The number of rotatable bonds is 6. The molecule has 106 valence electrons. The van der Waals surface area contributed by atoms with E-state index in [2.05, 4.69) is 15.3 Å². The molecule has 6 heteroatoms. The topological polar surface area (TPSA) is 47.0 Å². The molecule has 1 aromatic rings. The zero-order valence-electron chi connectivity index (χ0n) is 11.0. The molecule has 1 atom stereocenters. The van der Waals surface area contributed by atoms with Crippen molar-refractivity contribution in [2.75, 3.05) is 20.3 Å². The zero-order valence-corrected chi connectivity index (χ0v) is 11.0. The normalized spacial score (nSPS) is 18.6. The predicted molar refractivity (Wildman–Crippen MR) is 67.3 cm³/mol. The standard InChI is InChI=1S/C13H19F2N3O/c1-16-10-3-2-4-11-9(10)7-17-13(18-11)5-6-19-8-12(14)15/h7,10,12,16H,2-6,8H2,1H3. The molecule has 0 spiro atoms. The number of aryl methyl sites for hydroxylation is 1. The van der Waals surface area contributed by atoms with Crippen molar-refractivity contribution >= 4 is 0 Å². The van der Waals surface area contributed by atoms with Crippen LogP contribution in [0.25, 0.3) is 0 Å². The van der Waals surface area contributed by atoms with Gasteiger partial charge in [0.2, 0.25) is 0 Å². The lowest BCUT2D eigenvalue weighted by atomic mass is 9.92. The average molecular weight is 271 g/mol. The van der Waals surface area contributed by atoms with Crippen LogP contribution in [0.2, 0.25) is 0 Å². The van der Waals surface area contributed by atoms with Crippen LogP contribution in [0.15, 0.2) is 6.20 Å². The molecule has 0 fully saturated rings. The summed E-state index contributed by atoms with van der Waals surface area (Å²) in [5.74, 6) is 0.671. The van der Waals surface area contributed by atoms with Gasteiger partial charge in [0.25, 0.3) is 6.43 Å².